The third-order valence-corrected chi connectivity index (χ3v) is 6.18. The average molecular weight is 504 g/mol. The fraction of sp³-hybridized carbons (Fsp3) is 0.148. The van der Waals surface area contributed by atoms with Crippen molar-refractivity contribution in [3.8, 4) is 5.69 Å². The zero-order valence-electron chi connectivity index (χ0n) is 19.4. The second-order valence-corrected chi connectivity index (χ2v) is 8.53. The number of carbonyl (C=O) groups is 2. The van der Waals surface area contributed by atoms with Crippen LogP contribution >= 0.6 is 0 Å². The van der Waals surface area contributed by atoms with E-state index in [-0.39, 0.29) is 46.5 Å². The molecule has 1 atom stereocenters. The Morgan fingerprint density at radius 2 is 1.78 bits per heavy atom. The van der Waals surface area contributed by atoms with Crippen molar-refractivity contribution in [3.05, 3.63) is 112 Å². The smallest absolute Gasteiger partial charge is 0.266 e. The Morgan fingerprint density at radius 3 is 2.49 bits per heavy atom. The number of hydrazine groups is 1. The number of carbonyl (C=O) groups excluding carboxylic acids is 2. The zero-order chi connectivity index (χ0) is 26.1. The largest absolute Gasteiger partial charge is 0.369 e. The number of para-hydroxylation sites is 1. The maximum atomic E-state index is 15.0. The zero-order valence-corrected chi connectivity index (χ0v) is 19.4. The summed E-state index contributed by atoms with van der Waals surface area (Å²) in [6, 6.07) is 17.4. The summed E-state index contributed by atoms with van der Waals surface area (Å²) < 4.78 is 29.9. The predicted molar refractivity (Wildman–Crippen MR) is 131 cm³/mol. The van der Waals surface area contributed by atoms with Crippen LogP contribution in [-0.4, -0.2) is 33.0 Å². The van der Waals surface area contributed by atoms with Gasteiger partial charge in [-0.3, -0.25) is 24.0 Å². The van der Waals surface area contributed by atoms with Gasteiger partial charge in [-0.2, -0.15) is 0 Å². The Morgan fingerprint density at radius 1 is 1.03 bits per heavy atom. The van der Waals surface area contributed by atoms with E-state index in [1.165, 1.54) is 39.9 Å². The average Bonchev–Trinajstić information content (AvgIpc) is 3.28. The van der Waals surface area contributed by atoms with Gasteiger partial charge in [-0.25, -0.2) is 14.2 Å². The van der Waals surface area contributed by atoms with Crippen molar-refractivity contribution in [2.45, 2.75) is 19.2 Å². The van der Waals surface area contributed by atoms with Crippen LogP contribution in [-0.2, 0) is 11.3 Å². The number of aliphatic hydroxyl groups excluding tert-OH is 1. The Bertz CT molecular complexity index is 1570. The summed E-state index contributed by atoms with van der Waals surface area (Å²) >= 11 is 0. The maximum Gasteiger partial charge on any atom is 0.266 e. The number of hydrogen-bond acceptors (Lipinski definition) is 5. The lowest BCUT2D eigenvalue weighted by Crippen LogP contribution is -2.39. The quantitative estimate of drug-likeness (QED) is 0.351. The standard InChI is InChI=1S/C27H22F2N4O4/c28-17-7-4-6-16(14-17)25(35)31-26(36)24-19-10-5-11-20(29)23(19)27(37)33(18-8-2-1-3-9-18)21(24)15-32-22(34)12-13-30-32/h1-11,14,25,30,35H,12-13,15H2,(H,31,36)/t25-/m0/s1. The fourth-order valence-corrected chi connectivity index (χ4v) is 4.48. The molecule has 1 aromatic heterocycles. The third-order valence-electron chi connectivity index (χ3n) is 6.18. The van der Waals surface area contributed by atoms with E-state index < -0.39 is 29.3 Å². The molecule has 0 saturated carbocycles. The van der Waals surface area contributed by atoms with Gasteiger partial charge >= 0.3 is 0 Å². The molecule has 0 unspecified atom stereocenters. The topological polar surface area (TPSA) is 104 Å². The lowest BCUT2D eigenvalue weighted by atomic mass is 10.0. The van der Waals surface area contributed by atoms with E-state index in [2.05, 4.69) is 10.7 Å². The van der Waals surface area contributed by atoms with Gasteiger partial charge in [-0.15, -0.1) is 0 Å². The fourth-order valence-electron chi connectivity index (χ4n) is 4.48. The highest BCUT2D eigenvalue weighted by Gasteiger charge is 2.29. The molecule has 3 N–H and O–H groups in total. The number of benzene rings is 3. The molecule has 1 aliphatic rings. The molecule has 188 valence electrons. The minimum atomic E-state index is -1.59. The third kappa shape index (κ3) is 4.59. The first-order valence-corrected chi connectivity index (χ1v) is 11.5. The molecule has 2 amide bonds. The molecule has 0 aliphatic carbocycles. The summed E-state index contributed by atoms with van der Waals surface area (Å²) in [6.45, 7) is 0.199. The van der Waals surface area contributed by atoms with Crippen LogP contribution < -0.4 is 16.3 Å². The van der Waals surface area contributed by atoms with Crippen molar-refractivity contribution < 1.29 is 23.5 Å². The second-order valence-electron chi connectivity index (χ2n) is 8.53. The molecule has 10 heteroatoms. The van der Waals surface area contributed by atoms with Crippen LogP contribution in [0.5, 0.6) is 0 Å². The van der Waals surface area contributed by atoms with Crippen LogP contribution in [0, 0.1) is 11.6 Å². The molecular weight excluding hydrogens is 482 g/mol. The number of halogens is 2. The Kier molecular flexibility index (Phi) is 6.51. The molecule has 2 heterocycles. The molecule has 0 spiro atoms. The van der Waals surface area contributed by atoms with Crippen molar-refractivity contribution in [1.82, 2.24) is 20.3 Å². The molecule has 37 heavy (non-hydrogen) atoms. The summed E-state index contributed by atoms with van der Waals surface area (Å²) in [6.07, 6.45) is -1.36. The number of nitrogens with zero attached hydrogens (tertiary/aromatic N) is 2. The Hall–Kier alpha value is -4.41. The first-order chi connectivity index (χ1) is 17.8. The minimum absolute atomic E-state index is 0.0165. The molecule has 1 fully saturated rings. The van der Waals surface area contributed by atoms with Gasteiger partial charge in [0, 0.05) is 29.6 Å². The highest BCUT2D eigenvalue weighted by Crippen LogP contribution is 2.27. The molecule has 1 saturated heterocycles. The van der Waals surface area contributed by atoms with Gasteiger partial charge in [0.05, 0.1) is 23.2 Å². The van der Waals surface area contributed by atoms with Crippen molar-refractivity contribution >= 4 is 22.6 Å². The molecule has 1 aliphatic heterocycles. The number of aromatic nitrogens is 1. The molecule has 4 aromatic rings. The van der Waals surface area contributed by atoms with E-state index in [4.69, 9.17) is 0 Å². The van der Waals surface area contributed by atoms with Crippen LogP contribution in [0.3, 0.4) is 0 Å². The van der Waals surface area contributed by atoms with Crippen molar-refractivity contribution in [2.24, 2.45) is 0 Å². The normalized spacial score (nSPS) is 14.2. The Labute approximate surface area is 209 Å². The monoisotopic (exact) mass is 504 g/mol. The van der Waals surface area contributed by atoms with E-state index in [9.17, 15) is 23.9 Å². The van der Waals surface area contributed by atoms with Crippen LogP contribution in [0.15, 0.2) is 77.6 Å². The number of aliphatic hydroxyl groups is 1. The lowest BCUT2D eigenvalue weighted by Gasteiger charge is -2.24. The molecule has 0 radical (unpaired) electrons. The highest BCUT2D eigenvalue weighted by atomic mass is 19.1. The molecule has 5 rings (SSSR count). The first kappa shape index (κ1) is 24.3. The molecular formula is C27H22F2N4O4. The number of fused-ring (bicyclic) bond motifs is 1. The number of nitrogens with one attached hydrogen (secondary N) is 2. The SMILES string of the molecule is O=C(N[C@@H](O)c1cccc(F)c1)c1c(CN2NCCC2=O)n(-c2ccccc2)c(=O)c2c(F)cccc12. The summed E-state index contributed by atoms with van der Waals surface area (Å²) in [5.41, 5.74) is 2.68. The summed E-state index contributed by atoms with van der Waals surface area (Å²) in [5.74, 6) is -2.50. The Balaban J connectivity index is 1.74. The van der Waals surface area contributed by atoms with E-state index in [1.807, 2.05) is 0 Å². The van der Waals surface area contributed by atoms with Gasteiger partial charge in [0.2, 0.25) is 5.91 Å². The van der Waals surface area contributed by atoms with Crippen LogP contribution in [0.2, 0.25) is 0 Å². The molecule has 8 nitrogen and oxygen atoms in total. The number of amides is 2. The highest BCUT2D eigenvalue weighted by molar-refractivity contribution is 6.08. The number of hydrogen-bond donors (Lipinski definition) is 3. The first-order valence-electron chi connectivity index (χ1n) is 11.5. The number of rotatable bonds is 6. The van der Waals surface area contributed by atoms with Gasteiger partial charge in [0.15, 0.2) is 6.23 Å². The summed E-state index contributed by atoms with van der Waals surface area (Å²) in [5, 5.41) is 14.0. The van der Waals surface area contributed by atoms with Crippen LogP contribution in [0.25, 0.3) is 16.5 Å². The lowest BCUT2D eigenvalue weighted by molar-refractivity contribution is -0.130. The predicted octanol–water partition coefficient (Wildman–Crippen LogP) is 2.93. The van der Waals surface area contributed by atoms with E-state index in [0.717, 1.165) is 12.1 Å². The van der Waals surface area contributed by atoms with Gasteiger partial charge in [-0.1, -0.05) is 42.5 Å². The summed E-state index contributed by atoms with van der Waals surface area (Å²) in [7, 11) is 0. The van der Waals surface area contributed by atoms with E-state index >= 15 is 4.39 Å². The molecule has 0 bridgehead atoms. The van der Waals surface area contributed by atoms with Crippen LogP contribution in [0.4, 0.5) is 8.78 Å². The number of pyridine rings is 1. The maximum absolute atomic E-state index is 15.0. The van der Waals surface area contributed by atoms with E-state index in [0.29, 0.717) is 12.2 Å². The van der Waals surface area contributed by atoms with Gasteiger partial charge < -0.3 is 10.4 Å². The van der Waals surface area contributed by atoms with E-state index in [1.54, 1.807) is 30.3 Å². The second kappa shape index (κ2) is 9.92. The van der Waals surface area contributed by atoms with Crippen molar-refractivity contribution in [2.75, 3.05) is 6.54 Å². The van der Waals surface area contributed by atoms with Gasteiger partial charge in [-0.05, 0) is 30.3 Å². The van der Waals surface area contributed by atoms with Crippen molar-refractivity contribution in [3.63, 3.8) is 0 Å². The van der Waals surface area contributed by atoms with Crippen LogP contribution in [0.1, 0.15) is 34.3 Å². The minimum Gasteiger partial charge on any atom is -0.369 e. The van der Waals surface area contributed by atoms with Crippen molar-refractivity contribution in [1.29, 1.82) is 0 Å². The van der Waals surface area contributed by atoms with Gasteiger partial charge in [0.1, 0.15) is 11.6 Å². The molecule has 3 aromatic carbocycles. The summed E-state index contributed by atoms with van der Waals surface area (Å²) in [4.78, 5) is 39.8. The van der Waals surface area contributed by atoms with Gasteiger partial charge in [0.25, 0.3) is 11.5 Å².